The van der Waals surface area contributed by atoms with Crippen LogP contribution in [0.1, 0.15) is 5.56 Å². The zero-order valence-corrected chi connectivity index (χ0v) is 18.0. The molecule has 0 saturated heterocycles. The average Bonchev–Trinajstić information content (AvgIpc) is 3.03. The number of benzene rings is 3. The number of thiazole rings is 1. The molecule has 4 rings (SSSR count). The number of methoxy groups -OCH3 is 1. The van der Waals surface area contributed by atoms with E-state index in [1.54, 1.807) is 13.2 Å². The van der Waals surface area contributed by atoms with Crippen LogP contribution in [-0.2, 0) is 22.5 Å². The van der Waals surface area contributed by atoms with E-state index in [-0.39, 0.29) is 12.3 Å². The minimum Gasteiger partial charge on any atom is -0.383 e. The second kappa shape index (κ2) is 8.67. The van der Waals surface area contributed by atoms with Crippen molar-refractivity contribution in [3.63, 3.8) is 0 Å². The molecule has 0 N–H and O–H groups in total. The van der Waals surface area contributed by atoms with Crippen LogP contribution in [-0.4, -0.2) is 24.2 Å². The molecule has 0 atom stereocenters. The van der Waals surface area contributed by atoms with E-state index in [1.807, 2.05) is 53.1 Å². The number of amides is 1. The van der Waals surface area contributed by atoms with Crippen LogP contribution in [0.15, 0.2) is 59.6 Å². The fourth-order valence-electron chi connectivity index (χ4n) is 3.36. The van der Waals surface area contributed by atoms with Crippen LogP contribution >= 0.6 is 34.5 Å². The van der Waals surface area contributed by atoms with Gasteiger partial charge in [-0.15, -0.1) is 0 Å². The minimum atomic E-state index is -0.207. The predicted molar refractivity (Wildman–Crippen MR) is 120 cm³/mol. The highest BCUT2D eigenvalue weighted by Crippen LogP contribution is 2.29. The molecule has 1 aromatic heterocycles. The Kier molecular flexibility index (Phi) is 6.01. The smallest absolute Gasteiger partial charge is 0.252 e. The second-order valence-electron chi connectivity index (χ2n) is 6.58. The van der Waals surface area contributed by atoms with Crippen LogP contribution in [0.3, 0.4) is 0 Å². The van der Waals surface area contributed by atoms with E-state index >= 15 is 0 Å². The van der Waals surface area contributed by atoms with Crippen molar-refractivity contribution in [2.75, 3.05) is 13.7 Å². The molecule has 0 aliphatic carbocycles. The highest BCUT2D eigenvalue weighted by molar-refractivity contribution is 7.16. The lowest BCUT2D eigenvalue weighted by atomic mass is 10.0. The zero-order chi connectivity index (χ0) is 20.4. The quantitative estimate of drug-likeness (QED) is 0.408. The maximum Gasteiger partial charge on any atom is 0.252 e. The van der Waals surface area contributed by atoms with E-state index in [0.717, 1.165) is 26.6 Å². The molecule has 148 valence electrons. The van der Waals surface area contributed by atoms with E-state index in [1.165, 1.54) is 11.3 Å². The van der Waals surface area contributed by atoms with Crippen LogP contribution in [0.4, 0.5) is 0 Å². The lowest BCUT2D eigenvalue weighted by Gasteiger charge is -2.06. The largest absolute Gasteiger partial charge is 0.383 e. The molecule has 3 aromatic carbocycles. The monoisotopic (exact) mass is 444 g/mol. The van der Waals surface area contributed by atoms with E-state index in [2.05, 4.69) is 4.99 Å². The SMILES string of the molecule is COCCn1c(=NC(=O)Cc2cccc3ccccc23)sc2cc(Cl)cc(Cl)c21. The fraction of sp³-hybridized carbons (Fsp3) is 0.182. The molecule has 4 aromatic rings. The summed E-state index contributed by atoms with van der Waals surface area (Å²) in [7, 11) is 1.63. The van der Waals surface area contributed by atoms with Crippen molar-refractivity contribution in [2.45, 2.75) is 13.0 Å². The first-order valence-corrected chi connectivity index (χ1v) is 10.7. The van der Waals surface area contributed by atoms with Gasteiger partial charge in [0.1, 0.15) is 0 Å². The number of ether oxygens (including phenoxy) is 1. The molecule has 0 aliphatic rings. The third-order valence-corrected chi connectivity index (χ3v) is 6.19. The first-order valence-electron chi connectivity index (χ1n) is 9.08. The summed E-state index contributed by atoms with van der Waals surface area (Å²) in [6.45, 7) is 1.02. The van der Waals surface area contributed by atoms with E-state index < -0.39 is 0 Å². The standard InChI is InChI=1S/C22H18Cl2N2O2S/c1-28-10-9-26-21-18(24)12-16(23)13-19(21)29-22(26)25-20(27)11-15-7-4-6-14-5-2-3-8-17(14)15/h2-8,12-13H,9-11H2,1H3. The molecule has 29 heavy (non-hydrogen) atoms. The lowest BCUT2D eigenvalue weighted by molar-refractivity contribution is -0.117. The van der Waals surface area contributed by atoms with Gasteiger partial charge in [-0.25, -0.2) is 0 Å². The number of carbonyl (C=O) groups excluding carboxylic acids is 1. The van der Waals surface area contributed by atoms with Crippen LogP contribution in [0.2, 0.25) is 10.0 Å². The topological polar surface area (TPSA) is 43.6 Å². The molecule has 0 saturated carbocycles. The Bertz CT molecular complexity index is 1270. The zero-order valence-electron chi connectivity index (χ0n) is 15.7. The van der Waals surface area contributed by atoms with Crippen LogP contribution in [0, 0.1) is 0 Å². The van der Waals surface area contributed by atoms with E-state index in [9.17, 15) is 4.79 Å². The Morgan fingerprint density at radius 2 is 1.93 bits per heavy atom. The summed E-state index contributed by atoms with van der Waals surface area (Å²) < 4.78 is 8.02. The Hall–Kier alpha value is -2.18. The molecule has 0 unspecified atom stereocenters. The molecule has 1 amide bonds. The average molecular weight is 445 g/mol. The molecule has 0 bridgehead atoms. The normalized spacial score (nSPS) is 12.2. The number of aromatic nitrogens is 1. The predicted octanol–water partition coefficient (Wildman–Crippen LogP) is 5.48. The van der Waals surface area contributed by atoms with Crippen molar-refractivity contribution in [3.8, 4) is 0 Å². The molecule has 0 aliphatic heterocycles. The highest BCUT2D eigenvalue weighted by Gasteiger charge is 2.13. The van der Waals surface area contributed by atoms with Crippen molar-refractivity contribution < 1.29 is 9.53 Å². The molecule has 1 heterocycles. The molecular formula is C22H18Cl2N2O2S. The number of fused-ring (bicyclic) bond motifs is 2. The number of hydrogen-bond acceptors (Lipinski definition) is 3. The van der Waals surface area contributed by atoms with Gasteiger partial charge in [0.15, 0.2) is 4.80 Å². The summed E-state index contributed by atoms with van der Waals surface area (Å²) in [5.41, 5.74) is 1.78. The first kappa shape index (κ1) is 20.1. The molecule has 0 fully saturated rings. The van der Waals surface area contributed by atoms with Gasteiger partial charge < -0.3 is 9.30 Å². The van der Waals surface area contributed by atoms with Crippen LogP contribution in [0.5, 0.6) is 0 Å². The van der Waals surface area contributed by atoms with Crippen molar-refractivity contribution in [3.05, 3.63) is 75.0 Å². The van der Waals surface area contributed by atoms with E-state index in [4.69, 9.17) is 27.9 Å². The van der Waals surface area contributed by atoms with Gasteiger partial charge in [0.25, 0.3) is 5.91 Å². The summed E-state index contributed by atoms with van der Waals surface area (Å²) in [5, 5.41) is 3.26. The number of halogens is 2. The van der Waals surface area contributed by atoms with Crippen LogP contribution in [0.25, 0.3) is 21.0 Å². The van der Waals surface area contributed by atoms with Gasteiger partial charge in [-0.3, -0.25) is 4.79 Å². The van der Waals surface area contributed by atoms with Gasteiger partial charge in [-0.2, -0.15) is 4.99 Å². The minimum absolute atomic E-state index is 0.207. The summed E-state index contributed by atoms with van der Waals surface area (Å²) in [6, 6.07) is 17.5. The van der Waals surface area contributed by atoms with Crippen molar-refractivity contribution >= 4 is 61.4 Å². The van der Waals surface area contributed by atoms with Crippen molar-refractivity contribution in [1.29, 1.82) is 0 Å². The summed E-state index contributed by atoms with van der Waals surface area (Å²) in [5.74, 6) is -0.207. The first-order chi connectivity index (χ1) is 14.1. The fourth-order valence-corrected chi connectivity index (χ4v) is 5.22. The second-order valence-corrected chi connectivity index (χ2v) is 8.44. The van der Waals surface area contributed by atoms with Crippen LogP contribution < -0.4 is 4.80 Å². The molecular weight excluding hydrogens is 427 g/mol. The van der Waals surface area contributed by atoms with Gasteiger partial charge in [-0.05, 0) is 28.5 Å². The van der Waals surface area contributed by atoms with Gasteiger partial charge >= 0.3 is 0 Å². The van der Waals surface area contributed by atoms with Crippen molar-refractivity contribution in [2.24, 2.45) is 4.99 Å². The molecule has 4 nitrogen and oxygen atoms in total. The summed E-state index contributed by atoms with van der Waals surface area (Å²) >= 11 is 14.0. The third kappa shape index (κ3) is 4.23. The molecule has 0 radical (unpaired) electrons. The van der Waals surface area contributed by atoms with Gasteiger partial charge in [0.2, 0.25) is 0 Å². The lowest BCUT2D eigenvalue weighted by Crippen LogP contribution is -2.20. The Morgan fingerprint density at radius 1 is 1.14 bits per heavy atom. The number of hydrogen-bond donors (Lipinski definition) is 0. The van der Waals surface area contributed by atoms with Gasteiger partial charge in [-0.1, -0.05) is 77.0 Å². The Morgan fingerprint density at radius 3 is 2.76 bits per heavy atom. The number of nitrogens with zero attached hydrogens (tertiary/aromatic N) is 2. The maximum atomic E-state index is 12.8. The molecule has 7 heteroatoms. The van der Waals surface area contributed by atoms with E-state index in [0.29, 0.717) is 28.0 Å². The number of carbonyl (C=O) groups is 1. The van der Waals surface area contributed by atoms with Gasteiger partial charge in [0, 0.05) is 18.7 Å². The Labute approximate surface area is 182 Å². The number of rotatable bonds is 5. The van der Waals surface area contributed by atoms with Gasteiger partial charge in [0.05, 0.1) is 28.3 Å². The third-order valence-electron chi connectivity index (χ3n) is 4.66. The maximum absolute atomic E-state index is 12.8. The summed E-state index contributed by atoms with van der Waals surface area (Å²) in [6.07, 6.45) is 0.231. The summed E-state index contributed by atoms with van der Waals surface area (Å²) in [4.78, 5) is 17.8. The molecule has 0 spiro atoms. The van der Waals surface area contributed by atoms with Crippen molar-refractivity contribution in [1.82, 2.24) is 4.57 Å². The highest BCUT2D eigenvalue weighted by atomic mass is 35.5. The Balaban J connectivity index is 1.76.